The number of nitrogens with zero attached hydrogens (tertiary/aromatic N) is 3. The van der Waals surface area contributed by atoms with Crippen molar-refractivity contribution in [2.24, 2.45) is 11.7 Å². The fourth-order valence-corrected chi connectivity index (χ4v) is 1.77. The van der Waals surface area contributed by atoms with E-state index in [1.54, 1.807) is 0 Å². The molecule has 1 saturated carbocycles. The minimum atomic E-state index is 0.655. The van der Waals surface area contributed by atoms with E-state index < -0.39 is 0 Å². The molecule has 1 aliphatic carbocycles. The third-order valence-electron chi connectivity index (χ3n) is 2.96. The molecule has 0 aromatic carbocycles. The van der Waals surface area contributed by atoms with Crippen molar-refractivity contribution in [2.75, 3.05) is 24.5 Å². The number of hydrogen-bond acceptors (Lipinski definition) is 4. The average molecular weight is 220 g/mol. The zero-order valence-corrected chi connectivity index (χ0v) is 9.89. The molecular weight excluding hydrogens is 200 g/mol. The van der Waals surface area contributed by atoms with Gasteiger partial charge in [0.1, 0.15) is 0 Å². The van der Waals surface area contributed by atoms with Gasteiger partial charge in [0, 0.05) is 25.5 Å². The molecule has 1 aromatic heterocycles. The van der Waals surface area contributed by atoms with Crippen molar-refractivity contribution in [1.29, 1.82) is 0 Å². The molecule has 0 aliphatic heterocycles. The van der Waals surface area contributed by atoms with Gasteiger partial charge in [0.05, 0.1) is 0 Å². The van der Waals surface area contributed by atoms with Gasteiger partial charge in [-0.15, -0.1) is 0 Å². The Morgan fingerprint density at radius 3 is 2.56 bits per heavy atom. The minimum Gasteiger partial charge on any atom is -0.341 e. The highest BCUT2D eigenvalue weighted by Crippen LogP contribution is 2.30. The van der Waals surface area contributed by atoms with Gasteiger partial charge in [0.25, 0.3) is 0 Å². The molecule has 0 atom stereocenters. The summed E-state index contributed by atoms with van der Waals surface area (Å²) in [7, 11) is 0. The van der Waals surface area contributed by atoms with E-state index >= 15 is 0 Å². The second-order valence-electron chi connectivity index (χ2n) is 4.41. The summed E-state index contributed by atoms with van der Waals surface area (Å²) in [5, 5.41) is 0. The van der Waals surface area contributed by atoms with E-state index in [0.29, 0.717) is 6.54 Å². The standard InChI is InChI=1S/C12H20N4/c1-2-16(9-10-3-4-10)12-14-7-11(5-6-13)8-15-12/h7-8,10H,2-6,9,13H2,1H3. The van der Waals surface area contributed by atoms with Crippen molar-refractivity contribution in [2.45, 2.75) is 26.2 Å². The predicted molar refractivity (Wildman–Crippen MR) is 65.4 cm³/mol. The highest BCUT2D eigenvalue weighted by atomic mass is 15.2. The summed E-state index contributed by atoms with van der Waals surface area (Å²) in [6.07, 6.45) is 7.37. The van der Waals surface area contributed by atoms with Gasteiger partial charge in [-0.25, -0.2) is 9.97 Å². The molecule has 88 valence electrons. The number of anilines is 1. The van der Waals surface area contributed by atoms with Gasteiger partial charge >= 0.3 is 0 Å². The first kappa shape index (κ1) is 11.3. The largest absolute Gasteiger partial charge is 0.341 e. The van der Waals surface area contributed by atoms with Crippen LogP contribution in [0.2, 0.25) is 0 Å². The van der Waals surface area contributed by atoms with Crippen LogP contribution >= 0.6 is 0 Å². The summed E-state index contributed by atoms with van der Waals surface area (Å²) in [5.74, 6) is 1.72. The van der Waals surface area contributed by atoms with Crippen LogP contribution in [0.5, 0.6) is 0 Å². The monoisotopic (exact) mass is 220 g/mol. The second kappa shape index (κ2) is 5.25. The number of aromatic nitrogens is 2. The third-order valence-corrected chi connectivity index (χ3v) is 2.96. The van der Waals surface area contributed by atoms with Crippen molar-refractivity contribution in [1.82, 2.24) is 9.97 Å². The Morgan fingerprint density at radius 2 is 2.06 bits per heavy atom. The number of nitrogens with two attached hydrogens (primary N) is 1. The molecule has 0 amide bonds. The molecule has 1 aliphatic rings. The van der Waals surface area contributed by atoms with Crippen molar-refractivity contribution in [3.8, 4) is 0 Å². The molecule has 2 N–H and O–H groups in total. The normalized spacial score (nSPS) is 15.1. The van der Waals surface area contributed by atoms with E-state index in [9.17, 15) is 0 Å². The minimum absolute atomic E-state index is 0.655. The van der Waals surface area contributed by atoms with Crippen LogP contribution in [0.4, 0.5) is 5.95 Å². The predicted octanol–water partition coefficient (Wildman–Crippen LogP) is 1.21. The lowest BCUT2D eigenvalue weighted by Crippen LogP contribution is -2.27. The van der Waals surface area contributed by atoms with Crippen molar-refractivity contribution >= 4 is 5.95 Å². The SMILES string of the molecule is CCN(CC1CC1)c1ncc(CCN)cn1. The first-order valence-electron chi connectivity index (χ1n) is 6.09. The Kier molecular flexibility index (Phi) is 3.72. The molecule has 2 rings (SSSR count). The Labute approximate surface area is 96.9 Å². The lowest BCUT2D eigenvalue weighted by Gasteiger charge is -2.20. The van der Waals surface area contributed by atoms with E-state index in [-0.39, 0.29) is 0 Å². The summed E-state index contributed by atoms with van der Waals surface area (Å²) >= 11 is 0. The summed E-state index contributed by atoms with van der Waals surface area (Å²) in [6, 6.07) is 0. The highest BCUT2D eigenvalue weighted by molar-refractivity contribution is 5.30. The molecular formula is C12H20N4. The molecule has 4 heteroatoms. The molecule has 1 aromatic rings. The van der Waals surface area contributed by atoms with Gasteiger partial charge in [0.15, 0.2) is 0 Å². The first-order chi connectivity index (χ1) is 7.83. The van der Waals surface area contributed by atoms with Crippen molar-refractivity contribution in [3.63, 3.8) is 0 Å². The van der Waals surface area contributed by atoms with E-state index in [2.05, 4.69) is 21.8 Å². The van der Waals surface area contributed by atoms with Gasteiger partial charge in [0.2, 0.25) is 5.95 Å². The van der Waals surface area contributed by atoms with Crippen LogP contribution in [0, 0.1) is 5.92 Å². The maximum atomic E-state index is 5.49. The van der Waals surface area contributed by atoms with Crippen LogP contribution in [0.3, 0.4) is 0 Å². The molecule has 1 fully saturated rings. The smallest absolute Gasteiger partial charge is 0.225 e. The molecule has 4 nitrogen and oxygen atoms in total. The summed E-state index contributed by atoms with van der Waals surface area (Å²) in [5.41, 5.74) is 6.61. The van der Waals surface area contributed by atoms with Crippen LogP contribution in [-0.4, -0.2) is 29.6 Å². The zero-order valence-electron chi connectivity index (χ0n) is 9.89. The maximum Gasteiger partial charge on any atom is 0.225 e. The van der Waals surface area contributed by atoms with Crippen molar-refractivity contribution in [3.05, 3.63) is 18.0 Å². The molecule has 0 bridgehead atoms. The highest BCUT2D eigenvalue weighted by Gasteiger charge is 2.24. The molecule has 0 radical (unpaired) electrons. The zero-order chi connectivity index (χ0) is 11.4. The molecule has 0 spiro atoms. The van der Waals surface area contributed by atoms with Gasteiger partial charge in [-0.3, -0.25) is 0 Å². The van der Waals surface area contributed by atoms with Gasteiger partial charge in [-0.2, -0.15) is 0 Å². The lowest BCUT2D eigenvalue weighted by molar-refractivity contribution is 0.718. The Bertz CT molecular complexity index is 318. The Balaban J connectivity index is 1.99. The molecule has 0 unspecified atom stereocenters. The van der Waals surface area contributed by atoms with Crippen LogP contribution in [0.1, 0.15) is 25.3 Å². The molecule has 16 heavy (non-hydrogen) atoms. The maximum absolute atomic E-state index is 5.49. The quantitative estimate of drug-likeness (QED) is 0.783. The molecule has 1 heterocycles. The van der Waals surface area contributed by atoms with E-state index in [4.69, 9.17) is 5.73 Å². The summed E-state index contributed by atoms with van der Waals surface area (Å²) in [6.45, 7) is 4.89. The average Bonchev–Trinajstić information content (AvgIpc) is 3.11. The topological polar surface area (TPSA) is 55.0 Å². The van der Waals surface area contributed by atoms with Gasteiger partial charge < -0.3 is 10.6 Å². The second-order valence-corrected chi connectivity index (χ2v) is 4.41. The van der Waals surface area contributed by atoms with Crippen LogP contribution in [0.15, 0.2) is 12.4 Å². The number of hydrogen-bond donors (Lipinski definition) is 1. The van der Waals surface area contributed by atoms with Crippen LogP contribution in [0.25, 0.3) is 0 Å². The summed E-state index contributed by atoms with van der Waals surface area (Å²) < 4.78 is 0. The summed E-state index contributed by atoms with van der Waals surface area (Å²) in [4.78, 5) is 11.1. The number of rotatable bonds is 6. The van der Waals surface area contributed by atoms with E-state index in [0.717, 1.165) is 36.9 Å². The van der Waals surface area contributed by atoms with E-state index in [1.807, 2.05) is 12.4 Å². The van der Waals surface area contributed by atoms with Gasteiger partial charge in [-0.1, -0.05) is 0 Å². The van der Waals surface area contributed by atoms with E-state index in [1.165, 1.54) is 12.8 Å². The Morgan fingerprint density at radius 1 is 1.38 bits per heavy atom. The first-order valence-corrected chi connectivity index (χ1v) is 6.09. The third kappa shape index (κ3) is 2.92. The Hall–Kier alpha value is -1.16. The fraction of sp³-hybridized carbons (Fsp3) is 0.667. The van der Waals surface area contributed by atoms with Crippen LogP contribution in [-0.2, 0) is 6.42 Å². The van der Waals surface area contributed by atoms with Crippen LogP contribution < -0.4 is 10.6 Å². The van der Waals surface area contributed by atoms with Crippen molar-refractivity contribution < 1.29 is 0 Å². The lowest BCUT2D eigenvalue weighted by atomic mass is 10.2. The fourth-order valence-electron chi connectivity index (χ4n) is 1.77. The van der Waals surface area contributed by atoms with Gasteiger partial charge in [-0.05, 0) is 44.2 Å². The molecule has 0 saturated heterocycles.